The molecule has 0 saturated carbocycles. The molecule has 0 aliphatic rings. The lowest BCUT2D eigenvalue weighted by molar-refractivity contribution is -0.216. The average Bonchev–Trinajstić information content (AvgIpc) is 2.15. The largest absolute Gasteiger partial charge is 0.418 e. The lowest BCUT2D eigenvalue weighted by atomic mass is 10.1. The number of hydrogen-bond donors (Lipinski definition) is 0. The Labute approximate surface area is 98.5 Å². The number of rotatable bonds is 3. The summed E-state index contributed by atoms with van der Waals surface area (Å²) in [5, 5.41) is 0. The monoisotopic (exact) mass is 296 g/mol. The van der Waals surface area contributed by atoms with Crippen molar-refractivity contribution in [3.05, 3.63) is 33.8 Å². The van der Waals surface area contributed by atoms with Gasteiger partial charge in [0.25, 0.3) is 0 Å². The van der Waals surface area contributed by atoms with Crippen LogP contribution in [0.3, 0.4) is 0 Å². The van der Waals surface area contributed by atoms with Gasteiger partial charge in [0.1, 0.15) is 6.29 Å². The molecule has 0 heterocycles. The molecular formula is C10H8BrF3O2. The predicted octanol–water partition coefficient (Wildman–Crippen LogP) is 3.51. The summed E-state index contributed by atoms with van der Waals surface area (Å²) >= 11 is 3.04. The van der Waals surface area contributed by atoms with Gasteiger partial charge in [-0.15, -0.1) is 0 Å². The molecule has 1 atom stereocenters. The van der Waals surface area contributed by atoms with Gasteiger partial charge in [0.2, 0.25) is 0 Å². The second-order valence-electron chi connectivity index (χ2n) is 3.09. The van der Waals surface area contributed by atoms with E-state index in [0.29, 0.717) is 10.8 Å². The Morgan fingerprint density at radius 2 is 2.00 bits per heavy atom. The van der Waals surface area contributed by atoms with Crippen molar-refractivity contribution >= 4 is 22.2 Å². The van der Waals surface area contributed by atoms with E-state index in [1.165, 1.54) is 12.1 Å². The topological polar surface area (TPSA) is 26.3 Å². The highest BCUT2D eigenvalue weighted by Crippen LogP contribution is 2.36. The molecule has 0 aliphatic heterocycles. The van der Waals surface area contributed by atoms with Crippen LogP contribution in [0.5, 0.6) is 0 Å². The number of hydrogen-bond acceptors (Lipinski definition) is 2. The molecule has 1 unspecified atom stereocenters. The molecule has 0 amide bonds. The second-order valence-corrected chi connectivity index (χ2v) is 4.01. The van der Waals surface area contributed by atoms with Gasteiger partial charge in [-0.25, -0.2) is 0 Å². The Hall–Kier alpha value is -0.880. The zero-order valence-electron chi connectivity index (χ0n) is 8.22. The quantitative estimate of drug-likeness (QED) is 0.798. The van der Waals surface area contributed by atoms with Crippen molar-refractivity contribution in [1.82, 2.24) is 0 Å². The summed E-state index contributed by atoms with van der Waals surface area (Å²) in [5.74, 6) is 0. The van der Waals surface area contributed by atoms with E-state index in [2.05, 4.69) is 20.7 Å². The van der Waals surface area contributed by atoms with Gasteiger partial charge >= 0.3 is 6.18 Å². The lowest BCUT2D eigenvalue weighted by Crippen LogP contribution is -2.22. The van der Waals surface area contributed by atoms with Gasteiger partial charge < -0.3 is 4.74 Å². The standard InChI is InChI=1S/C10H8BrF3O2/c1-16-9(10(12,13)14)7-2-6(5-15)3-8(11)4-7/h2-5,9H,1H3. The number of carbonyl (C=O) groups excluding carboxylic acids is 1. The molecular weight excluding hydrogens is 289 g/mol. The SMILES string of the molecule is COC(c1cc(Br)cc(C=O)c1)C(F)(F)F. The van der Waals surface area contributed by atoms with Crippen molar-refractivity contribution in [2.45, 2.75) is 12.3 Å². The fourth-order valence-corrected chi connectivity index (χ4v) is 1.84. The molecule has 0 aliphatic carbocycles. The summed E-state index contributed by atoms with van der Waals surface area (Å²) in [6.45, 7) is 0. The van der Waals surface area contributed by atoms with Crippen LogP contribution in [-0.4, -0.2) is 19.6 Å². The Morgan fingerprint density at radius 3 is 2.44 bits per heavy atom. The molecule has 6 heteroatoms. The fraction of sp³-hybridized carbons (Fsp3) is 0.300. The lowest BCUT2D eigenvalue weighted by Gasteiger charge is -2.19. The van der Waals surface area contributed by atoms with Crippen molar-refractivity contribution in [3.8, 4) is 0 Å². The Balaban J connectivity index is 3.20. The van der Waals surface area contributed by atoms with Crippen LogP contribution < -0.4 is 0 Å². The number of methoxy groups -OCH3 is 1. The normalized spacial score (nSPS) is 13.6. The number of halogens is 4. The van der Waals surface area contributed by atoms with Crippen LogP contribution in [0.15, 0.2) is 22.7 Å². The maximum absolute atomic E-state index is 12.5. The smallest absolute Gasteiger partial charge is 0.367 e. The van der Waals surface area contributed by atoms with Gasteiger partial charge in [0, 0.05) is 17.1 Å². The number of aldehydes is 1. The molecule has 0 bridgehead atoms. The van der Waals surface area contributed by atoms with E-state index in [-0.39, 0.29) is 11.1 Å². The molecule has 0 N–H and O–H groups in total. The van der Waals surface area contributed by atoms with E-state index < -0.39 is 12.3 Å². The minimum Gasteiger partial charge on any atom is -0.367 e. The second kappa shape index (κ2) is 4.97. The van der Waals surface area contributed by atoms with E-state index in [0.717, 1.165) is 13.2 Å². The summed E-state index contributed by atoms with van der Waals surface area (Å²) in [6.07, 6.45) is -6.05. The minimum atomic E-state index is -4.50. The molecule has 2 nitrogen and oxygen atoms in total. The van der Waals surface area contributed by atoms with Gasteiger partial charge in [0.05, 0.1) is 0 Å². The first-order valence-corrected chi connectivity index (χ1v) is 5.03. The van der Waals surface area contributed by atoms with Crippen LogP contribution in [0.1, 0.15) is 22.0 Å². The summed E-state index contributed by atoms with van der Waals surface area (Å²) in [5.41, 5.74) is 0.0575. The molecule has 0 radical (unpaired) electrons. The summed E-state index contributed by atoms with van der Waals surface area (Å²) in [6, 6.07) is 3.85. The van der Waals surface area contributed by atoms with Crippen LogP contribution in [0.2, 0.25) is 0 Å². The van der Waals surface area contributed by atoms with Crippen LogP contribution in [0.4, 0.5) is 13.2 Å². The fourth-order valence-electron chi connectivity index (χ4n) is 1.31. The highest BCUT2D eigenvalue weighted by Gasteiger charge is 2.41. The van der Waals surface area contributed by atoms with Gasteiger partial charge in [-0.3, -0.25) is 4.79 Å². The van der Waals surface area contributed by atoms with Gasteiger partial charge in [0.15, 0.2) is 6.10 Å². The van der Waals surface area contributed by atoms with E-state index in [1.807, 2.05) is 0 Å². The Kier molecular flexibility index (Phi) is 4.09. The van der Waals surface area contributed by atoms with Crippen molar-refractivity contribution in [1.29, 1.82) is 0 Å². The highest BCUT2D eigenvalue weighted by atomic mass is 79.9. The Morgan fingerprint density at radius 1 is 1.38 bits per heavy atom. The molecule has 16 heavy (non-hydrogen) atoms. The number of carbonyl (C=O) groups is 1. The molecule has 88 valence electrons. The third-order valence-electron chi connectivity index (χ3n) is 1.91. The van der Waals surface area contributed by atoms with Gasteiger partial charge in [-0.2, -0.15) is 13.2 Å². The zero-order chi connectivity index (χ0) is 12.3. The van der Waals surface area contributed by atoms with E-state index in [4.69, 9.17) is 0 Å². The third-order valence-corrected chi connectivity index (χ3v) is 2.37. The van der Waals surface area contributed by atoms with Crippen molar-refractivity contribution in [2.24, 2.45) is 0 Å². The van der Waals surface area contributed by atoms with Crippen LogP contribution in [-0.2, 0) is 4.74 Å². The summed E-state index contributed by atoms with van der Waals surface area (Å²) in [4.78, 5) is 10.5. The zero-order valence-corrected chi connectivity index (χ0v) is 9.80. The number of alkyl halides is 3. The van der Waals surface area contributed by atoms with Crippen molar-refractivity contribution < 1.29 is 22.7 Å². The molecule has 0 fully saturated rings. The maximum Gasteiger partial charge on any atom is 0.418 e. The third kappa shape index (κ3) is 3.05. The molecule has 1 aromatic carbocycles. The number of benzene rings is 1. The van der Waals surface area contributed by atoms with Crippen LogP contribution in [0, 0.1) is 0 Å². The van der Waals surface area contributed by atoms with Crippen LogP contribution >= 0.6 is 15.9 Å². The van der Waals surface area contributed by atoms with Crippen molar-refractivity contribution in [3.63, 3.8) is 0 Å². The van der Waals surface area contributed by atoms with E-state index in [9.17, 15) is 18.0 Å². The first kappa shape index (κ1) is 13.2. The van der Waals surface area contributed by atoms with Gasteiger partial charge in [-0.05, 0) is 23.8 Å². The first-order chi connectivity index (χ1) is 7.38. The molecule has 0 spiro atoms. The molecule has 1 rings (SSSR count). The molecule has 0 saturated heterocycles. The average molecular weight is 297 g/mol. The van der Waals surface area contributed by atoms with Crippen molar-refractivity contribution in [2.75, 3.05) is 7.11 Å². The number of ether oxygens (including phenoxy) is 1. The highest BCUT2D eigenvalue weighted by molar-refractivity contribution is 9.10. The molecule has 1 aromatic rings. The first-order valence-electron chi connectivity index (χ1n) is 4.23. The van der Waals surface area contributed by atoms with Gasteiger partial charge in [-0.1, -0.05) is 15.9 Å². The minimum absolute atomic E-state index is 0.105. The summed E-state index contributed by atoms with van der Waals surface area (Å²) in [7, 11) is 0.972. The Bertz CT molecular complexity index is 390. The maximum atomic E-state index is 12.5. The van der Waals surface area contributed by atoms with E-state index >= 15 is 0 Å². The predicted molar refractivity (Wildman–Crippen MR) is 55.3 cm³/mol. The summed E-state index contributed by atoms with van der Waals surface area (Å²) < 4.78 is 42.4. The van der Waals surface area contributed by atoms with Crippen LogP contribution in [0.25, 0.3) is 0 Å². The van der Waals surface area contributed by atoms with E-state index in [1.54, 1.807) is 0 Å². The molecule has 0 aromatic heterocycles.